The Kier molecular flexibility index (Phi) is 7.81. The van der Waals surface area contributed by atoms with Crippen LogP contribution >= 0.6 is 0 Å². The van der Waals surface area contributed by atoms with E-state index in [1.165, 1.54) is 49.7 Å². The van der Waals surface area contributed by atoms with Crippen molar-refractivity contribution < 1.29 is 0 Å². The lowest BCUT2D eigenvalue weighted by molar-refractivity contribution is 0.440. The highest BCUT2D eigenvalue weighted by Gasteiger charge is 2.09. The molecular weight excluding hydrogens is 230 g/mol. The molecule has 0 radical (unpaired) electrons. The quantitative estimate of drug-likeness (QED) is 0.598. The van der Waals surface area contributed by atoms with Gasteiger partial charge >= 0.3 is 0 Å². The van der Waals surface area contributed by atoms with E-state index in [2.05, 4.69) is 57.3 Å². The zero-order valence-corrected chi connectivity index (χ0v) is 13.2. The monoisotopic (exact) mass is 261 g/mol. The average molecular weight is 261 g/mol. The second-order valence-electron chi connectivity index (χ2n) is 5.78. The lowest BCUT2D eigenvalue weighted by atomic mass is 10.0. The van der Waals surface area contributed by atoms with Crippen LogP contribution in [-0.2, 0) is 6.42 Å². The lowest BCUT2D eigenvalue weighted by Gasteiger charge is -2.20. The van der Waals surface area contributed by atoms with Crippen LogP contribution in [0.2, 0.25) is 0 Å². The second kappa shape index (κ2) is 9.14. The normalized spacial score (nSPS) is 14.3. The smallest absolute Gasteiger partial charge is 0.0294 e. The largest absolute Gasteiger partial charge is 0.308 e. The number of hydrogen-bond acceptors (Lipinski definition) is 1. The molecule has 1 nitrogen and oxygen atoms in total. The lowest BCUT2D eigenvalue weighted by Crippen LogP contribution is -2.28. The molecule has 0 spiro atoms. The summed E-state index contributed by atoms with van der Waals surface area (Å²) in [5, 5.41) is 3.71. The predicted molar refractivity (Wildman–Crippen MR) is 85.6 cm³/mol. The zero-order chi connectivity index (χ0) is 14.1. The fourth-order valence-electron chi connectivity index (χ4n) is 2.57. The van der Waals surface area contributed by atoms with Crippen molar-refractivity contribution >= 4 is 0 Å². The molecule has 0 fully saturated rings. The van der Waals surface area contributed by atoms with Gasteiger partial charge in [0.25, 0.3) is 0 Å². The summed E-state index contributed by atoms with van der Waals surface area (Å²) in [6, 6.07) is 10.2. The van der Waals surface area contributed by atoms with E-state index in [1.807, 2.05) is 0 Å². The van der Waals surface area contributed by atoms with Gasteiger partial charge in [0.05, 0.1) is 0 Å². The number of nitrogens with one attached hydrogen (secondary N) is 1. The molecule has 0 saturated carbocycles. The molecular formula is C18H31N. The third-order valence-corrected chi connectivity index (χ3v) is 3.79. The molecule has 1 aromatic carbocycles. The molecule has 0 aliphatic heterocycles. The number of hydrogen-bond donors (Lipinski definition) is 1. The Labute approximate surface area is 119 Å². The van der Waals surface area contributed by atoms with Crippen molar-refractivity contribution in [1.82, 2.24) is 5.32 Å². The Hall–Kier alpha value is -0.820. The molecule has 2 unspecified atom stereocenters. The van der Waals surface area contributed by atoms with E-state index in [0.29, 0.717) is 12.1 Å². The third kappa shape index (κ3) is 6.24. The summed E-state index contributed by atoms with van der Waals surface area (Å²) in [6.07, 6.45) is 7.70. The van der Waals surface area contributed by atoms with Crippen LogP contribution in [0.3, 0.4) is 0 Å². The molecule has 0 aliphatic rings. The van der Waals surface area contributed by atoms with Crippen LogP contribution in [0.15, 0.2) is 24.3 Å². The molecule has 108 valence electrons. The van der Waals surface area contributed by atoms with Crippen molar-refractivity contribution in [2.45, 2.75) is 78.3 Å². The Morgan fingerprint density at radius 1 is 0.947 bits per heavy atom. The minimum absolute atomic E-state index is 0.451. The first kappa shape index (κ1) is 16.2. The summed E-state index contributed by atoms with van der Waals surface area (Å²) < 4.78 is 0. The van der Waals surface area contributed by atoms with E-state index in [9.17, 15) is 0 Å². The van der Waals surface area contributed by atoms with Crippen molar-refractivity contribution in [2.24, 2.45) is 0 Å². The highest BCUT2D eigenvalue weighted by atomic mass is 14.9. The van der Waals surface area contributed by atoms with Crippen LogP contribution in [0, 0.1) is 0 Å². The van der Waals surface area contributed by atoms with E-state index in [0.717, 1.165) is 0 Å². The van der Waals surface area contributed by atoms with E-state index in [4.69, 9.17) is 0 Å². The van der Waals surface area contributed by atoms with E-state index < -0.39 is 0 Å². The van der Waals surface area contributed by atoms with Crippen molar-refractivity contribution in [3.8, 4) is 0 Å². The molecule has 2 atom stereocenters. The van der Waals surface area contributed by atoms with Gasteiger partial charge in [-0.25, -0.2) is 0 Å². The zero-order valence-electron chi connectivity index (χ0n) is 13.2. The van der Waals surface area contributed by atoms with Gasteiger partial charge in [0, 0.05) is 12.1 Å². The first-order valence-corrected chi connectivity index (χ1v) is 8.02. The van der Waals surface area contributed by atoms with Crippen LogP contribution in [0.4, 0.5) is 0 Å². The predicted octanol–water partition coefficient (Wildman–Crippen LogP) is 5.26. The van der Waals surface area contributed by atoms with Gasteiger partial charge in [-0.2, -0.15) is 0 Å². The van der Waals surface area contributed by atoms with Crippen molar-refractivity contribution in [1.29, 1.82) is 0 Å². The molecule has 0 bridgehead atoms. The Morgan fingerprint density at radius 3 is 2.21 bits per heavy atom. The fraction of sp³-hybridized carbons (Fsp3) is 0.667. The highest BCUT2D eigenvalue weighted by molar-refractivity contribution is 5.24. The topological polar surface area (TPSA) is 12.0 Å². The molecule has 0 aliphatic carbocycles. The minimum Gasteiger partial charge on any atom is -0.308 e. The summed E-state index contributed by atoms with van der Waals surface area (Å²) in [4.78, 5) is 0. The maximum atomic E-state index is 3.71. The molecule has 0 heterocycles. The average Bonchev–Trinajstić information content (AvgIpc) is 2.40. The van der Waals surface area contributed by atoms with Gasteiger partial charge in [0.1, 0.15) is 0 Å². The summed E-state index contributed by atoms with van der Waals surface area (Å²) in [5.74, 6) is 0. The van der Waals surface area contributed by atoms with Gasteiger partial charge in [0.2, 0.25) is 0 Å². The van der Waals surface area contributed by atoms with Crippen LogP contribution in [0.5, 0.6) is 0 Å². The van der Waals surface area contributed by atoms with Gasteiger partial charge in [-0.3, -0.25) is 0 Å². The molecule has 19 heavy (non-hydrogen) atoms. The number of unbranched alkanes of at least 4 members (excludes halogenated alkanes) is 2. The number of benzene rings is 1. The molecule has 0 saturated heterocycles. The third-order valence-electron chi connectivity index (χ3n) is 3.79. The molecule has 1 rings (SSSR count). The van der Waals surface area contributed by atoms with E-state index >= 15 is 0 Å². The van der Waals surface area contributed by atoms with Crippen molar-refractivity contribution in [2.75, 3.05) is 0 Å². The van der Waals surface area contributed by atoms with Crippen molar-refractivity contribution in [3.63, 3.8) is 0 Å². The Bertz CT molecular complexity index is 328. The maximum Gasteiger partial charge on any atom is 0.0294 e. The van der Waals surface area contributed by atoms with Crippen LogP contribution in [-0.4, -0.2) is 6.04 Å². The summed E-state index contributed by atoms with van der Waals surface area (Å²) >= 11 is 0. The van der Waals surface area contributed by atoms with Crippen LogP contribution in [0.25, 0.3) is 0 Å². The van der Waals surface area contributed by atoms with Gasteiger partial charge in [-0.1, -0.05) is 63.8 Å². The van der Waals surface area contributed by atoms with Gasteiger partial charge in [-0.15, -0.1) is 0 Å². The summed E-state index contributed by atoms with van der Waals surface area (Å²) in [5.41, 5.74) is 2.86. The first-order valence-electron chi connectivity index (χ1n) is 8.02. The minimum atomic E-state index is 0.451. The van der Waals surface area contributed by atoms with E-state index in [1.54, 1.807) is 0 Å². The number of rotatable bonds is 9. The summed E-state index contributed by atoms with van der Waals surface area (Å²) in [6.45, 7) is 9.07. The van der Waals surface area contributed by atoms with Gasteiger partial charge < -0.3 is 5.32 Å². The van der Waals surface area contributed by atoms with E-state index in [-0.39, 0.29) is 0 Å². The Balaban J connectivity index is 2.41. The van der Waals surface area contributed by atoms with Crippen molar-refractivity contribution in [3.05, 3.63) is 35.4 Å². The van der Waals surface area contributed by atoms with Gasteiger partial charge in [0.15, 0.2) is 0 Å². The molecule has 1 aromatic rings. The first-order chi connectivity index (χ1) is 9.17. The molecule has 0 amide bonds. The SMILES string of the molecule is CCCCCC(C)NC(C)c1ccc(CCC)cc1. The Morgan fingerprint density at radius 2 is 1.63 bits per heavy atom. The fourth-order valence-corrected chi connectivity index (χ4v) is 2.57. The number of aryl methyl sites for hydroxylation is 1. The highest BCUT2D eigenvalue weighted by Crippen LogP contribution is 2.16. The molecule has 0 aromatic heterocycles. The van der Waals surface area contributed by atoms with Crippen LogP contribution in [0.1, 0.15) is 77.0 Å². The standard InChI is InChI=1S/C18H31N/c1-5-7-8-10-15(3)19-16(4)18-13-11-17(9-6-2)12-14-18/h11-16,19H,5-10H2,1-4H3. The van der Waals surface area contributed by atoms with Gasteiger partial charge in [-0.05, 0) is 37.8 Å². The maximum absolute atomic E-state index is 3.71. The molecule has 1 N–H and O–H groups in total. The molecule has 1 heteroatoms. The second-order valence-corrected chi connectivity index (χ2v) is 5.78. The van der Waals surface area contributed by atoms with Crippen LogP contribution < -0.4 is 5.32 Å². The summed E-state index contributed by atoms with van der Waals surface area (Å²) in [7, 11) is 0.